The molecule has 0 bridgehead atoms. The number of nitrogens with zero attached hydrogens (tertiary/aromatic N) is 4. The summed E-state index contributed by atoms with van der Waals surface area (Å²) in [4.78, 5) is 66.0. The monoisotopic (exact) mass is 1060 g/mol. The van der Waals surface area contributed by atoms with Gasteiger partial charge in [-0.05, 0) is 56.8 Å². The number of hydrogen-bond acceptors (Lipinski definition) is 13. The van der Waals surface area contributed by atoms with Crippen molar-refractivity contribution in [2.75, 3.05) is 7.05 Å². The number of amides is 4. The van der Waals surface area contributed by atoms with Crippen molar-refractivity contribution in [2.24, 2.45) is 17.6 Å². The number of Topliss-reactive ketones (excluding diaryl/α,β-unsaturated/α-hetero) is 1. The smallest absolute Gasteiger partial charge is 1.00 e. The van der Waals surface area contributed by atoms with Gasteiger partial charge in [-0.3, -0.25) is 14.8 Å². The number of thiazole rings is 3. The molecule has 3 rings (SSSR count). The van der Waals surface area contributed by atoms with Crippen molar-refractivity contribution in [2.45, 2.75) is 170 Å². The minimum absolute atomic E-state index is 0. The molecule has 4 radical (unpaired) electrons. The average molecular weight is 1060 g/mol. The SMILES string of the molecule is C.CC[C@@H](CC[C@H](CC)NC(=O)OCc1cncs1)CC(=O)[C@@H](NC(=O)N(C)Cc1csc(C(C)C)n1)C(C)C.CC[C@H](N)CC[C@H](CC)NC(=O)OCc1cncs1.I.[B-].[K+]. The van der Waals surface area contributed by atoms with E-state index >= 15 is 0 Å². The molecule has 62 heavy (non-hydrogen) atoms. The first-order valence-electron chi connectivity index (χ1n) is 20.5. The maximum Gasteiger partial charge on any atom is 1.00 e. The first-order valence-corrected chi connectivity index (χ1v) is 23.2. The number of nitrogens with two attached hydrogens (primary N) is 1. The summed E-state index contributed by atoms with van der Waals surface area (Å²) < 4.78 is 10.4. The number of nitrogens with one attached hydrogen (secondary N) is 3. The minimum atomic E-state index is -0.558. The maximum atomic E-state index is 13.3. The number of halogens is 1. The fourth-order valence-corrected chi connectivity index (χ4v) is 7.67. The summed E-state index contributed by atoms with van der Waals surface area (Å²) in [5.41, 5.74) is 10.2. The molecule has 4 amide bonds. The van der Waals surface area contributed by atoms with Crippen LogP contribution < -0.4 is 73.1 Å². The van der Waals surface area contributed by atoms with Crippen molar-refractivity contribution >= 4 is 90.4 Å². The van der Waals surface area contributed by atoms with Crippen molar-refractivity contribution < 1.29 is 80.0 Å². The number of carbonyl (C=O) groups is 4. The van der Waals surface area contributed by atoms with Crippen molar-refractivity contribution in [3.8, 4) is 0 Å². The number of ether oxygens (including phenoxy) is 2. The number of alkyl carbamates (subject to hydrolysis) is 2. The van der Waals surface area contributed by atoms with E-state index in [1.54, 1.807) is 46.7 Å². The van der Waals surface area contributed by atoms with Crippen LogP contribution in [0.3, 0.4) is 0 Å². The van der Waals surface area contributed by atoms with E-state index in [-0.39, 0.29) is 152 Å². The van der Waals surface area contributed by atoms with Crippen LogP contribution >= 0.6 is 58.0 Å². The van der Waals surface area contributed by atoms with Crippen LogP contribution in [0.15, 0.2) is 28.8 Å². The van der Waals surface area contributed by atoms with Gasteiger partial charge in [0.05, 0.1) is 44.1 Å². The summed E-state index contributed by atoms with van der Waals surface area (Å²) in [6.07, 6.45) is 9.80. The topological polar surface area (TPSA) is 191 Å². The predicted octanol–water partition coefficient (Wildman–Crippen LogP) is 6.90. The van der Waals surface area contributed by atoms with Crippen molar-refractivity contribution in [3.05, 3.63) is 49.3 Å². The van der Waals surface area contributed by atoms with Gasteiger partial charge >= 0.3 is 69.6 Å². The Morgan fingerprint density at radius 1 is 0.774 bits per heavy atom. The second-order valence-electron chi connectivity index (χ2n) is 15.2. The number of carbonyl (C=O) groups excluding carboxylic acids is 4. The Labute approximate surface area is 445 Å². The summed E-state index contributed by atoms with van der Waals surface area (Å²) in [5.74, 6) is 0.530. The van der Waals surface area contributed by atoms with E-state index in [1.165, 1.54) is 22.7 Å². The van der Waals surface area contributed by atoms with E-state index in [4.69, 9.17) is 15.2 Å². The second-order valence-corrected chi connectivity index (χ2v) is 18.0. The van der Waals surface area contributed by atoms with E-state index < -0.39 is 12.1 Å². The molecule has 0 aliphatic carbocycles. The normalized spacial score (nSPS) is 12.8. The summed E-state index contributed by atoms with van der Waals surface area (Å²) in [6, 6.07) is -0.520. The number of ketones is 1. The molecule has 0 aromatic carbocycles. The fourth-order valence-electron chi connectivity index (χ4n) is 5.83. The Balaban J connectivity index is -0.00000129. The molecule has 0 aliphatic rings. The number of hydrogen-bond donors (Lipinski definition) is 4. The summed E-state index contributed by atoms with van der Waals surface area (Å²) in [6.45, 7) is 17.2. The van der Waals surface area contributed by atoms with Gasteiger partial charge in [-0.1, -0.05) is 69.2 Å². The third kappa shape index (κ3) is 26.7. The van der Waals surface area contributed by atoms with Gasteiger partial charge in [-0.2, -0.15) is 0 Å². The number of urea groups is 1. The maximum absolute atomic E-state index is 13.3. The van der Waals surface area contributed by atoms with E-state index in [2.05, 4.69) is 58.6 Å². The molecule has 5 atom stereocenters. The van der Waals surface area contributed by atoms with Crippen molar-refractivity contribution in [1.29, 1.82) is 0 Å². The molecule has 0 spiro atoms. The van der Waals surface area contributed by atoms with Crippen LogP contribution in [0.25, 0.3) is 0 Å². The second kappa shape index (κ2) is 36.9. The molecule has 346 valence electrons. The van der Waals surface area contributed by atoms with Crippen LogP contribution in [0, 0.1) is 11.8 Å². The molecular weight excluding hydrogens is 986 g/mol. The Hall–Kier alpha value is -1.24. The standard InChI is InChI=1S/C28H45N5O4S2.C13H23N3O2S.CH4.B.HI.K/c1-8-20(10-11-21(9-2)31-28(36)37-15-23-13-29-17-39-23)12-24(34)25(18(3)4)32-27(35)33(7)14-22-16-38-26(30-22)19(5)6;1-3-10(14)5-6-11(4-2)16-13(17)18-8-12-7-15-9-19-12;;;;/h13,16-21,25H,8-12,14-15H2,1-7H3,(H,31,36)(H,32,35);7,9-11H,3-6,8,14H2,1-2H3,(H,16,17);1H4;;1H;/q;;;-1;;+1/t20-,21-,25-;10-,11-;;;;/m00..../s1. The quantitative estimate of drug-likeness (QED) is 0.0543. The molecule has 0 saturated carbocycles. The Bertz CT molecular complexity index is 1610. The predicted molar refractivity (Wildman–Crippen MR) is 262 cm³/mol. The molecule has 5 N–H and O–H groups in total. The molecule has 0 fully saturated rings. The number of rotatable bonds is 24. The van der Waals surface area contributed by atoms with Crippen molar-refractivity contribution in [1.82, 2.24) is 35.8 Å². The average Bonchev–Trinajstić information content (AvgIpc) is 4.02. The van der Waals surface area contributed by atoms with E-state index in [0.29, 0.717) is 18.9 Å². The zero-order valence-electron chi connectivity index (χ0n) is 37.9. The molecule has 0 aliphatic heterocycles. The van der Waals surface area contributed by atoms with Crippen LogP contribution in [0.4, 0.5) is 14.4 Å². The van der Waals surface area contributed by atoms with Gasteiger partial charge in [-0.25, -0.2) is 19.4 Å². The van der Waals surface area contributed by atoms with Crippen LogP contribution in [0.5, 0.6) is 0 Å². The van der Waals surface area contributed by atoms with Crippen LogP contribution in [0.1, 0.15) is 147 Å². The minimum Gasteiger partial charge on any atom is -1.00 e. The summed E-state index contributed by atoms with van der Waals surface area (Å²) in [7, 11) is 1.72. The zero-order chi connectivity index (χ0) is 43.0. The first-order chi connectivity index (χ1) is 27.7. The zero-order valence-corrected chi connectivity index (χ0v) is 45.8. The Morgan fingerprint density at radius 3 is 1.69 bits per heavy atom. The van der Waals surface area contributed by atoms with Gasteiger partial charge in [0.1, 0.15) is 13.2 Å². The van der Waals surface area contributed by atoms with Gasteiger partial charge in [0.25, 0.3) is 0 Å². The Morgan fingerprint density at radius 2 is 1.29 bits per heavy atom. The van der Waals surface area contributed by atoms with E-state index in [9.17, 15) is 19.2 Å². The van der Waals surface area contributed by atoms with Gasteiger partial charge in [0, 0.05) is 55.3 Å². The molecule has 3 aromatic heterocycles. The van der Waals surface area contributed by atoms with Crippen molar-refractivity contribution in [3.63, 3.8) is 0 Å². The van der Waals surface area contributed by atoms with Gasteiger partial charge in [0.15, 0.2) is 5.78 Å². The third-order valence-electron chi connectivity index (χ3n) is 9.79. The fraction of sp³-hybridized carbons (Fsp3) is 0.690. The molecule has 0 unspecified atom stereocenters. The molecule has 3 aromatic rings. The van der Waals surface area contributed by atoms with Gasteiger partial charge in [0.2, 0.25) is 0 Å². The first kappa shape index (κ1) is 65.0. The van der Waals surface area contributed by atoms with Crippen LogP contribution in [-0.2, 0) is 34.0 Å². The molecule has 0 saturated heterocycles. The molecule has 3 heterocycles. The molecule has 20 heteroatoms. The van der Waals surface area contributed by atoms with Crippen LogP contribution in [0.2, 0.25) is 0 Å². The largest absolute Gasteiger partial charge is 1.00 e. The van der Waals surface area contributed by atoms with Gasteiger partial charge < -0.3 is 44.5 Å². The van der Waals surface area contributed by atoms with Crippen LogP contribution in [-0.4, -0.2) is 83.5 Å². The molecular formula is C42H73BIKN8O6S3. The van der Waals surface area contributed by atoms with E-state index in [1.807, 2.05) is 33.1 Å². The Kier molecular flexibility index (Phi) is 38.7. The summed E-state index contributed by atoms with van der Waals surface area (Å²) in [5, 5.41) is 11.8. The number of aromatic nitrogens is 3. The molecule has 14 nitrogen and oxygen atoms in total. The van der Waals surface area contributed by atoms with E-state index in [0.717, 1.165) is 71.8 Å². The van der Waals surface area contributed by atoms with Gasteiger partial charge in [-0.15, -0.1) is 58.0 Å². The summed E-state index contributed by atoms with van der Waals surface area (Å²) >= 11 is 4.52. The third-order valence-corrected chi connectivity index (χ3v) is 12.5.